The maximum atomic E-state index is 8.44. The van der Waals surface area contributed by atoms with Gasteiger partial charge in [0.1, 0.15) is 5.84 Å². The molecule has 0 aromatic carbocycles. The van der Waals surface area contributed by atoms with E-state index in [4.69, 9.17) is 10.9 Å². The van der Waals surface area contributed by atoms with Crippen LogP contribution in [0.25, 0.3) is 0 Å². The summed E-state index contributed by atoms with van der Waals surface area (Å²) < 4.78 is 0. The van der Waals surface area contributed by atoms with Crippen LogP contribution in [0.4, 0.5) is 0 Å². The lowest BCUT2D eigenvalue weighted by atomic mass is 9.96. The van der Waals surface area contributed by atoms with Gasteiger partial charge in [-0.05, 0) is 58.9 Å². The summed E-state index contributed by atoms with van der Waals surface area (Å²) in [6.07, 6.45) is 4.26. The fraction of sp³-hybridized carbons (Fsp3) is 0.917. The van der Waals surface area contributed by atoms with Crippen molar-refractivity contribution in [2.75, 3.05) is 40.3 Å². The lowest BCUT2D eigenvalue weighted by Crippen LogP contribution is -2.37. The van der Waals surface area contributed by atoms with Gasteiger partial charge < -0.3 is 20.7 Å². The number of likely N-dealkylation sites (tertiary alicyclic amines) is 1. The van der Waals surface area contributed by atoms with Gasteiger partial charge in [-0.1, -0.05) is 5.16 Å². The van der Waals surface area contributed by atoms with Gasteiger partial charge in [-0.3, -0.25) is 0 Å². The largest absolute Gasteiger partial charge is 0.409 e. The molecule has 0 radical (unpaired) electrons. The first-order chi connectivity index (χ1) is 8.11. The van der Waals surface area contributed by atoms with E-state index in [2.05, 4.69) is 29.1 Å². The highest BCUT2D eigenvalue weighted by molar-refractivity contribution is 5.79. The Morgan fingerprint density at radius 3 is 2.59 bits per heavy atom. The van der Waals surface area contributed by atoms with Gasteiger partial charge in [0.25, 0.3) is 0 Å². The number of oxime groups is 1. The summed E-state index contributed by atoms with van der Waals surface area (Å²) in [6.45, 7) is 4.65. The predicted octanol–water partition coefficient (Wildman–Crippen LogP) is 0.787. The zero-order valence-electron chi connectivity index (χ0n) is 11.1. The van der Waals surface area contributed by atoms with E-state index < -0.39 is 0 Å². The summed E-state index contributed by atoms with van der Waals surface area (Å²) in [5.41, 5.74) is 5.44. The SMILES string of the molecule is CN(C)CC1CCN(CCCC(N)=NO)CC1. The molecule has 0 aliphatic carbocycles. The van der Waals surface area contributed by atoms with Crippen molar-refractivity contribution in [3.05, 3.63) is 0 Å². The molecule has 1 rings (SSSR count). The standard InChI is InChI=1S/C12H26N4O/c1-15(2)10-11-5-8-16(9-6-11)7-3-4-12(13)14-17/h11,17H,3-10H2,1-2H3,(H2,13,14). The molecule has 0 amide bonds. The summed E-state index contributed by atoms with van der Waals surface area (Å²) in [4.78, 5) is 4.76. The van der Waals surface area contributed by atoms with Crippen LogP contribution in [0.15, 0.2) is 5.16 Å². The Hall–Kier alpha value is -0.810. The summed E-state index contributed by atoms with van der Waals surface area (Å²) in [7, 11) is 4.28. The van der Waals surface area contributed by atoms with Crippen molar-refractivity contribution in [3.8, 4) is 0 Å². The van der Waals surface area contributed by atoms with E-state index in [1.165, 1.54) is 32.5 Å². The molecule has 1 saturated heterocycles. The smallest absolute Gasteiger partial charge is 0.139 e. The lowest BCUT2D eigenvalue weighted by Gasteiger charge is -2.33. The van der Waals surface area contributed by atoms with Gasteiger partial charge in [0.2, 0.25) is 0 Å². The van der Waals surface area contributed by atoms with Crippen molar-refractivity contribution in [3.63, 3.8) is 0 Å². The second kappa shape index (κ2) is 7.50. The Morgan fingerprint density at radius 1 is 1.41 bits per heavy atom. The maximum absolute atomic E-state index is 8.44. The first-order valence-electron chi connectivity index (χ1n) is 6.45. The maximum Gasteiger partial charge on any atom is 0.139 e. The number of hydrogen-bond acceptors (Lipinski definition) is 4. The molecule has 5 heteroatoms. The molecule has 0 atom stereocenters. The van der Waals surface area contributed by atoms with Gasteiger partial charge in [-0.2, -0.15) is 0 Å². The number of amidine groups is 1. The minimum absolute atomic E-state index is 0.340. The molecule has 0 aromatic heterocycles. The monoisotopic (exact) mass is 242 g/mol. The van der Waals surface area contributed by atoms with Crippen molar-refractivity contribution >= 4 is 5.84 Å². The average Bonchev–Trinajstić information content (AvgIpc) is 2.30. The third-order valence-electron chi connectivity index (χ3n) is 3.37. The first kappa shape index (κ1) is 14.3. The second-order valence-electron chi connectivity index (χ2n) is 5.24. The molecule has 3 N–H and O–H groups in total. The Bertz CT molecular complexity index is 235. The normalized spacial score (nSPS) is 20.1. The topological polar surface area (TPSA) is 65.1 Å². The summed E-state index contributed by atoms with van der Waals surface area (Å²) in [5.74, 6) is 1.19. The quantitative estimate of drug-likeness (QED) is 0.313. The molecule has 1 heterocycles. The molecule has 1 aliphatic heterocycles. The lowest BCUT2D eigenvalue weighted by molar-refractivity contribution is 0.162. The molecule has 1 aliphatic rings. The number of nitrogens with two attached hydrogens (primary N) is 1. The van der Waals surface area contributed by atoms with E-state index >= 15 is 0 Å². The van der Waals surface area contributed by atoms with Crippen molar-refractivity contribution in [1.82, 2.24) is 9.80 Å². The number of piperidine rings is 1. The highest BCUT2D eigenvalue weighted by Gasteiger charge is 2.19. The minimum atomic E-state index is 0.340. The van der Waals surface area contributed by atoms with E-state index in [0.29, 0.717) is 12.3 Å². The second-order valence-corrected chi connectivity index (χ2v) is 5.24. The van der Waals surface area contributed by atoms with Crippen LogP contribution in [0, 0.1) is 5.92 Å². The summed E-state index contributed by atoms with van der Waals surface area (Å²) in [5, 5.41) is 11.4. The predicted molar refractivity (Wildman–Crippen MR) is 70.4 cm³/mol. The molecule has 0 saturated carbocycles. The fourth-order valence-electron chi connectivity index (χ4n) is 2.44. The van der Waals surface area contributed by atoms with E-state index in [1.807, 2.05) is 0 Å². The van der Waals surface area contributed by atoms with Crippen LogP contribution in [0.1, 0.15) is 25.7 Å². The number of nitrogens with zero attached hydrogens (tertiary/aromatic N) is 3. The Labute approximate surface area is 104 Å². The van der Waals surface area contributed by atoms with E-state index in [1.54, 1.807) is 0 Å². The van der Waals surface area contributed by atoms with Crippen molar-refractivity contribution in [2.24, 2.45) is 16.8 Å². The van der Waals surface area contributed by atoms with Crippen LogP contribution in [-0.2, 0) is 0 Å². The third-order valence-corrected chi connectivity index (χ3v) is 3.37. The zero-order chi connectivity index (χ0) is 12.7. The van der Waals surface area contributed by atoms with Crippen LogP contribution in [-0.4, -0.2) is 61.1 Å². The summed E-state index contributed by atoms with van der Waals surface area (Å²) >= 11 is 0. The average molecular weight is 242 g/mol. The summed E-state index contributed by atoms with van der Waals surface area (Å²) in [6, 6.07) is 0. The van der Waals surface area contributed by atoms with Gasteiger partial charge in [-0.25, -0.2) is 0 Å². The van der Waals surface area contributed by atoms with Crippen LogP contribution < -0.4 is 5.73 Å². The van der Waals surface area contributed by atoms with E-state index in [0.717, 1.165) is 18.9 Å². The number of rotatable bonds is 6. The van der Waals surface area contributed by atoms with E-state index in [-0.39, 0.29) is 0 Å². The van der Waals surface area contributed by atoms with Gasteiger partial charge in [0, 0.05) is 13.0 Å². The van der Waals surface area contributed by atoms with Gasteiger partial charge in [-0.15, -0.1) is 0 Å². The molecule has 1 fully saturated rings. The number of hydrogen-bond donors (Lipinski definition) is 2. The molecule has 0 spiro atoms. The minimum Gasteiger partial charge on any atom is -0.409 e. The molecule has 0 unspecified atom stereocenters. The fourth-order valence-corrected chi connectivity index (χ4v) is 2.44. The van der Waals surface area contributed by atoms with Crippen molar-refractivity contribution in [2.45, 2.75) is 25.7 Å². The van der Waals surface area contributed by atoms with E-state index in [9.17, 15) is 0 Å². The van der Waals surface area contributed by atoms with Gasteiger partial charge in [0.15, 0.2) is 0 Å². The molecular formula is C12H26N4O. The Balaban J connectivity index is 2.11. The highest BCUT2D eigenvalue weighted by Crippen LogP contribution is 2.17. The van der Waals surface area contributed by atoms with Crippen molar-refractivity contribution in [1.29, 1.82) is 0 Å². The molecule has 100 valence electrons. The Morgan fingerprint density at radius 2 is 2.06 bits per heavy atom. The van der Waals surface area contributed by atoms with Gasteiger partial charge >= 0.3 is 0 Å². The Kier molecular flexibility index (Phi) is 6.29. The van der Waals surface area contributed by atoms with Crippen LogP contribution in [0.2, 0.25) is 0 Å². The molecule has 17 heavy (non-hydrogen) atoms. The first-order valence-corrected chi connectivity index (χ1v) is 6.45. The molecule has 0 bridgehead atoms. The third kappa shape index (κ3) is 5.89. The highest BCUT2D eigenvalue weighted by atomic mass is 16.4. The zero-order valence-corrected chi connectivity index (χ0v) is 11.1. The molecular weight excluding hydrogens is 216 g/mol. The van der Waals surface area contributed by atoms with Crippen LogP contribution in [0.3, 0.4) is 0 Å². The molecule has 0 aromatic rings. The molecule has 5 nitrogen and oxygen atoms in total. The van der Waals surface area contributed by atoms with Gasteiger partial charge in [0.05, 0.1) is 0 Å². The van der Waals surface area contributed by atoms with Crippen LogP contribution in [0.5, 0.6) is 0 Å². The van der Waals surface area contributed by atoms with Crippen molar-refractivity contribution < 1.29 is 5.21 Å². The van der Waals surface area contributed by atoms with Crippen LogP contribution >= 0.6 is 0 Å².